The number of nitrogens with zero attached hydrogens (tertiary/aromatic N) is 1. The number of nitrogens with one attached hydrogen (secondary N) is 1. The van der Waals surface area contributed by atoms with Gasteiger partial charge in [0.2, 0.25) is 0 Å². The van der Waals surface area contributed by atoms with E-state index in [1.807, 2.05) is 55.6 Å². The molecule has 1 N–H and O–H groups in total. The van der Waals surface area contributed by atoms with Gasteiger partial charge < -0.3 is 0 Å². The van der Waals surface area contributed by atoms with E-state index < -0.39 is 5.54 Å². The van der Waals surface area contributed by atoms with Crippen LogP contribution in [-0.2, 0) is 5.54 Å². The van der Waals surface area contributed by atoms with E-state index in [2.05, 4.69) is 33.4 Å². The van der Waals surface area contributed by atoms with Gasteiger partial charge in [-0.2, -0.15) is 5.26 Å². The van der Waals surface area contributed by atoms with Crippen LogP contribution in [0.25, 0.3) is 0 Å². The van der Waals surface area contributed by atoms with Crippen LogP contribution >= 0.6 is 27.7 Å². The van der Waals surface area contributed by atoms with Crippen molar-refractivity contribution < 1.29 is 0 Å². The van der Waals surface area contributed by atoms with Crippen LogP contribution in [0.3, 0.4) is 0 Å². The minimum atomic E-state index is -0.629. The first-order valence-electron chi connectivity index (χ1n) is 6.75. The van der Waals surface area contributed by atoms with Crippen LogP contribution in [-0.4, -0.2) is 12.8 Å². The molecule has 0 heterocycles. The van der Waals surface area contributed by atoms with Gasteiger partial charge in [0.15, 0.2) is 0 Å². The lowest BCUT2D eigenvalue weighted by Crippen LogP contribution is -2.39. The lowest BCUT2D eigenvalue weighted by atomic mass is 9.89. The molecule has 0 aliphatic rings. The molecular weight excluding hydrogens is 344 g/mol. The summed E-state index contributed by atoms with van der Waals surface area (Å²) in [6, 6.07) is 20.5. The number of hydrogen-bond donors (Lipinski definition) is 1. The Morgan fingerprint density at radius 1 is 1.14 bits per heavy atom. The van der Waals surface area contributed by atoms with E-state index in [1.165, 1.54) is 4.90 Å². The van der Waals surface area contributed by atoms with E-state index in [0.29, 0.717) is 0 Å². The Balaban J connectivity index is 2.08. The van der Waals surface area contributed by atoms with E-state index in [4.69, 9.17) is 0 Å². The Bertz CT molecular complexity index is 624. The Labute approximate surface area is 138 Å². The number of benzene rings is 2. The molecule has 0 bridgehead atoms. The number of halogens is 1. The summed E-state index contributed by atoms with van der Waals surface area (Å²) >= 11 is 5.32. The van der Waals surface area contributed by atoms with E-state index in [9.17, 15) is 5.26 Å². The summed E-state index contributed by atoms with van der Waals surface area (Å²) in [6.45, 7) is 0. The molecule has 2 nitrogen and oxygen atoms in total. The van der Waals surface area contributed by atoms with Crippen LogP contribution in [0.1, 0.15) is 12.0 Å². The predicted molar refractivity (Wildman–Crippen MR) is 92.3 cm³/mol. The number of thioether (sulfide) groups is 1. The van der Waals surface area contributed by atoms with Crippen LogP contribution < -0.4 is 5.32 Å². The van der Waals surface area contributed by atoms with E-state index >= 15 is 0 Å². The number of hydrogen-bond acceptors (Lipinski definition) is 3. The maximum Gasteiger partial charge on any atom is 0.132 e. The molecule has 1 atom stereocenters. The molecule has 2 aromatic rings. The number of rotatable bonds is 6. The van der Waals surface area contributed by atoms with Crippen molar-refractivity contribution in [3.8, 4) is 6.07 Å². The molecule has 0 fully saturated rings. The lowest BCUT2D eigenvalue weighted by Gasteiger charge is -2.26. The molecule has 108 valence electrons. The summed E-state index contributed by atoms with van der Waals surface area (Å²) in [4.78, 5) is 1.20. The molecule has 0 amide bonds. The molecule has 2 aromatic carbocycles. The zero-order valence-corrected chi connectivity index (χ0v) is 14.2. The van der Waals surface area contributed by atoms with Crippen LogP contribution in [0.2, 0.25) is 0 Å². The van der Waals surface area contributed by atoms with Gasteiger partial charge in [0.25, 0.3) is 0 Å². The van der Waals surface area contributed by atoms with Gasteiger partial charge in [0.05, 0.1) is 6.07 Å². The third-order valence-electron chi connectivity index (χ3n) is 3.46. The zero-order chi connectivity index (χ0) is 15.1. The first kappa shape index (κ1) is 16.1. The normalized spacial score (nSPS) is 13.4. The van der Waals surface area contributed by atoms with Crippen LogP contribution in [0.4, 0.5) is 0 Å². The first-order valence-corrected chi connectivity index (χ1v) is 8.53. The molecule has 0 saturated heterocycles. The number of nitriles is 1. The summed E-state index contributed by atoms with van der Waals surface area (Å²) in [5.74, 6) is 0.867. The molecule has 4 heteroatoms. The fraction of sp³-hybridized carbons (Fsp3) is 0.235. The van der Waals surface area contributed by atoms with Gasteiger partial charge >= 0.3 is 0 Å². The summed E-state index contributed by atoms with van der Waals surface area (Å²) in [7, 11) is 1.85. The fourth-order valence-electron chi connectivity index (χ4n) is 2.19. The minimum absolute atomic E-state index is 0.629. The Hall–Kier alpha value is -1.28. The maximum atomic E-state index is 9.65. The van der Waals surface area contributed by atoms with Gasteiger partial charge in [-0.3, -0.25) is 5.32 Å². The van der Waals surface area contributed by atoms with Crippen molar-refractivity contribution >= 4 is 27.7 Å². The zero-order valence-electron chi connectivity index (χ0n) is 11.8. The SMILES string of the molecule is CNC(C#N)(CCSc1ccccc1Br)c1ccccc1. The quantitative estimate of drug-likeness (QED) is 0.766. The van der Waals surface area contributed by atoms with E-state index in [-0.39, 0.29) is 0 Å². The molecule has 21 heavy (non-hydrogen) atoms. The molecule has 0 aliphatic heterocycles. The molecular formula is C17H17BrN2S. The highest BCUT2D eigenvalue weighted by atomic mass is 79.9. The largest absolute Gasteiger partial charge is 0.299 e. The third kappa shape index (κ3) is 3.88. The van der Waals surface area contributed by atoms with Gasteiger partial charge in [0.1, 0.15) is 5.54 Å². The smallest absolute Gasteiger partial charge is 0.132 e. The van der Waals surface area contributed by atoms with Gasteiger partial charge in [0, 0.05) is 15.1 Å². The third-order valence-corrected chi connectivity index (χ3v) is 5.48. The van der Waals surface area contributed by atoms with Crippen molar-refractivity contribution in [1.82, 2.24) is 5.32 Å². The molecule has 0 radical (unpaired) electrons. The van der Waals surface area contributed by atoms with Crippen molar-refractivity contribution in [2.45, 2.75) is 16.9 Å². The second-order valence-electron chi connectivity index (χ2n) is 4.66. The maximum absolute atomic E-state index is 9.65. The summed E-state index contributed by atoms with van der Waals surface area (Å²) in [5, 5.41) is 12.8. The molecule has 2 rings (SSSR count). The monoisotopic (exact) mass is 360 g/mol. The van der Waals surface area contributed by atoms with Crippen molar-refractivity contribution in [1.29, 1.82) is 5.26 Å². The molecule has 1 unspecified atom stereocenters. The van der Waals surface area contributed by atoms with Gasteiger partial charge in [-0.1, -0.05) is 42.5 Å². The van der Waals surface area contributed by atoms with Crippen molar-refractivity contribution in [3.05, 3.63) is 64.6 Å². The second-order valence-corrected chi connectivity index (χ2v) is 6.65. The lowest BCUT2D eigenvalue weighted by molar-refractivity contribution is 0.457. The highest BCUT2D eigenvalue weighted by molar-refractivity contribution is 9.10. The Kier molecular flexibility index (Phi) is 5.86. The molecule has 0 aliphatic carbocycles. The van der Waals surface area contributed by atoms with Crippen molar-refractivity contribution in [3.63, 3.8) is 0 Å². The predicted octanol–water partition coefficient (Wildman–Crippen LogP) is 4.57. The van der Waals surface area contributed by atoms with Crippen molar-refractivity contribution in [2.75, 3.05) is 12.8 Å². The van der Waals surface area contributed by atoms with Crippen LogP contribution in [0.5, 0.6) is 0 Å². The summed E-state index contributed by atoms with van der Waals surface area (Å²) < 4.78 is 1.10. The van der Waals surface area contributed by atoms with Gasteiger partial charge in [-0.05, 0) is 47.1 Å². The average molecular weight is 361 g/mol. The second kappa shape index (κ2) is 7.65. The Morgan fingerprint density at radius 2 is 1.81 bits per heavy atom. The van der Waals surface area contributed by atoms with Gasteiger partial charge in [-0.25, -0.2) is 0 Å². The minimum Gasteiger partial charge on any atom is -0.299 e. The van der Waals surface area contributed by atoms with Crippen LogP contribution in [0, 0.1) is 11.3 Å². The molecule has 0 aromatic heterocycles. The van der Waals surface area contributed by atoms with Gasteiger partial charge in [-0.15, -0.1) is 11.8 Å². The molecule has 0 spiro atoms. The standard InChI is InChI=1S/C17H17BrN2S/c1-20-17(13-19,14-7-3-2-4-8-14)11-12-21-16-10-6-5-9-15(16)18/h2-10,20H,11-12H2,1H3. The first-order chi connectivity index (χ1) is 10.2. The van der Waals surface area contributed by atoms with E-state index in [0.717, 1.165) is 22.2 Å². The topological polar surface area (TPSA) is 35.8 Å². The van der Waals surface area contributed by atoms with E-state index in [1.54, 1.807) is 11.8 Å². The summed E-state index contributed by atoms with van der Waals surface area (Å²) in [6.07, 6.45) is 0.746. The van der Waals surface area contributed by atoms with Crippen LogP contribution in [0.15, 0.2) is 64.0 Å². The highest BCUT2D eigenvalue weighted by Gasteiger charge is 2.29. The summed E-state index contributed by atoms with van der Waals surface area (Å²) in [5.41, 5.74) is 0.387. The highest BCUT2D eigenvalue weighted by Crippen LogP contribution is 2.31. The fourth-order valence-corrected chi connectivity index (χ4v) is 3.83. The van der Waals surface area contributed by atoms with Crippen molar-refractivity contribution in [2.24, 2.45) is 0 Å². The Morgan fingerprint density at radius 3 is 2.43 bits per heavy atom. The molecule has 0 saturated carbocycles. The average Bonchev–Trinajstić information content (AvgIpc) is 2.54.